The zero-order valence-corrected chi connectivity index (χ0v) is 20.0. The fraction of sp³-hybridized carbons (Fsp3) is 0.600. The van der Waals surface area contributed by atoms with Gasteiger partial charge in [-0.1, -0.05) is 0 Å². The van der Waals surface area contributed by atoms with Crippen LogP contribution in [0.2, 0.25) is 0 Å². The number of rotatable bonds is 4. The van der Waals surface area contributed by atoms with Crippen LogP contribution >= 0.6 is 11.3 Å². The van der Waals surface area contributed by atoms with E-state index in [1.165, 1.54) is 23.6 Å². The van der Waals surface area contributed by atoms with E-state index in [-0.39, 0.29) is 11.9 Å². The molecule has 0 aliphatic carbocycles. The molecule has 2 aliphatic rings. The number of hydrogen-bond donors (Lipinski definition) is 1. The molecule has 4 heterocycles. The van der Waals surface area contributed by atoms with Crippen molar-refractivity contribution >= 4 is 27.5 Å². The molecule has 3 atom stereocenters. The van der Waals surface area contributed by atoms with Gasteiger partial charge in [-0.15, -0.1) is 11.3 Å². The first-order chi connectivity index (χ1) is 14.9. The Labute approximate surface area is 190 Å². The number of hydrogen-bond acceptors (Lipinski definition) is 8. The van der Waals surface area contributed by atoms with E-state index in [2.05, 4.69) is 15.3 Å². The highest BCUT2D eigenvalue weighted by atomic mass is 32.2. The molecular formula is C20H27FN4O5S2. The minimum atomic E-state index is -3.43. The van der Waals surface area contributed by atoms with Crippen LogP contribution in [0.3, 0.4) is 0 Å². The fourth-order valence-corrected chi connectivity index (χ4v) is 5.46. The molecule has 0 radical (unpaired) electrons. The number of nitrogens with zero attached hydrogens (tertiary/aromatic N) is 3. The number of thiophene rings is 1. The molecule has 2 aliphatic heterocycles. The minimum absolute atomic E-state index is 0.0601. The molecule has 9 nitrogen and oxygen atoms in total. The van der Waals surface area contributed by atoms with Gasteiger partial charge in [0.1, 0.15) is 17.5 Å². The number of carbonyl (C=O) groups is 1. The van der Waals surface area contributed by atoms with Crippen molar-refractivity contribution in [2.45, 2.75) is 64.1 Å². The summed E-state index contributed by atoms with van der Waals surface area (Å²) in [6.45, 7) is 6.69. The van der Waals surface area contributed by atoms with E-state index in [1.807, 2.05) is 0 Å². The molecule has 4 rings (SSSR count). The van der Waals surface area contributed by atoms with Crippen LogP contribution in [0, 0.1) is 5.82 Å². The van der Waals surface area contributed by atoms with Crippen LogP contribution in [0.25, 0.3) is 0 Å². The van der Waals surface area contributed by atoms with Gasteiger partial charge in [0, 0.05) is 30.9 Å². The molecule has 0 aromatic carbocycles. The highest BCUT2D eigenvalue weighted by Crippen LogP contribution is 2.37. The second-order valence-electron chi connectivity index (χ2n) is 9.17. The molecule has 0 unspecified atom stereocenters. The van der Waals surface area contributed by atoms with Gasteiger partial charge in [0.05, 0.1) is 29.5 Å². The van der Waals surface area contributed by atoms with Gasteiger partial charge in [0.2, 0.25) is 0 Å². The molecule has 0 bridgehead atoms. The van der Waals surface area contributed by atoms with E-state index < -0.39 is 33.9 Å². The highest BCUT2D eigenvalue weighted by molar-refractivity contribution is 7.89. The molecule has 2 aromatic heterocycles. The Balaban J connectivity index is 1.49. The lowest BCUT2D eigenvalue weighted by Gasteiger charge is -2.40. The summed E-state index contributed by atoms with van der Waals surface area (Å²) in [6, 6.07) is 0.843. The van der Waals surface area contributed by atoms with E-state index in [0.29, 0.717) is 36.7 Å². The largest absolute Gasteiger partial charge is 0.444 e. The standard InChI is InChI=1S/C20H27FN4O5S2/c1-20(2,3)30-19(26)22-15-7-13(11-29-17(15)18-14(21)5-6-31-18)24-8-12-9-25(32(4,27)28)23-16(12)10-24/h5-6,9,13,15,17H,7-8,10-11H2,1-4H3,(H,22,26)/t13-,15+,17+/m1/s1. The normalized spacial score (nSPS) is 24.3. The van der Waals surface area contributed by atoms with Gasteiger partial charge in [-0.3, -0.25) is 4.90 Å². The summed E-state index contributed by atoms with van der Waals surface area (Å²) < 4.78 is 50.2. The lowest BCUT2D eigenvalue weighted by molar-refractivity contribution is -0.0612. The van der Waals surface area contributed by atoms with Crippen LogP contribution < -0.4 is 5.32 Å². The summed E-state index contributed by atoms with van der Waals surface area (Å²) in [5, 5.41) is 8.71. The predicted molar refractivity (Wildman–Crippen MR) is 116 cm³/mol. The maximum absolute atomic E-state index is 14.3. The molecule has 1 N–H and O–H groups in total. The molecule has 0 saturated carbocycles. The minimum Gasteiger partial charge on any atom is -0.444 e. The number of ether oxygens (including phenoxy) is 2. The summed E-state index contributed by atoms with van der Waals surface area (Å²) in [6.07, 6.45) is 1.98. The summed E-state index contributed by atoms with van der Waals surface area (Å²) in [7, 11) is -3.43. The Kier molecular flexibility index (Phi) is 6.07. The van der Waals surface area contributed by atoms with E-state index in [4.69, 9.17) is 9.47 Å². The number of halogens is 1. The second-order valence-corrected chi connectivity index (χ2v) is 12.0. The lowest BCUT2D eigenvalue weighted by Crippen LogP contribution is -2.51. The maximum Gasteiger partial charge on any atom is 0.407 e. The Morgan fingerprint density at radius 2 is 2.12 bits per heavy atom. The average Bonchev–Trinajstić information content (AvgIpc) is 3.33. The van der Waals surface area contributed by atoms with Crippen LogP contribution in [0.15, 0.2) is 17.6 Å². The molecule has 176 valence electrons. The molecule has 2 aromatic rings. The van der Waals surface area contributed by atoms with Crippen LogP contribution in [0.4, 0.5) is 9.18 Å². The molecule has 1 saturated heterocycles. The highest BCUT2D eigenvalue weighted by Gasteiger charge is 2.40. The Morgan fingerprint density at radius 3 is 2.72 bits per heavy atom. The summed E-state index contributed by atoms with van der Waals surface area (Å²) >= 11 is 1.25. The number of alkyl carbamates (subject to hydrolysis) is 1. The third-order valence-electron chi connectivity index (χ3n) is 5.40. The van der Waals surface area contributed by atoms with Crippen molar-refractivity contribution in [1.29, 1.82) is 0 Å². The van der Waals surface area contributed by atoms with Crippen LogP contribution in [0.1, 0.15) is 49.4 Å². The summed E-state index contributed by atoms with van der Waals surface area (Å²) in [4.78, 5) is 15.0. The van der Waals surface area contributed by atoms with E-state index >= 15 is 0 Å². The third kappa shape index (κ3) is 4.98. The summed E-state index contributed by atoms with van der Waals surface area (Å²) in [5.41, 5.74) is 0.891. The number of nitrogens with one attached hydrogen (secondary N) is 1. The van der Waals surface area contributed by atoms with Crippen molar-refractivity contribution in [3.8, 4) is 0 Å². The van der Waals surface area contributed by atoms with Crippen molar-refractivity contribution in [2.75, 3.05) is 12.9 Å². The first-order valence-electron chi connectivity index (χ1n) is 10.3. The predicted octanol–water partition coefficient (Wildman–Crippen LogP) is 2.63. The molecule has 1 fully saturated rings. The smallest absolute Gasteiger partial charge is 0.407 e. The van der Waals surface area contributed by atoms with Crippen LogP contribution in [0.5, 0.6) is 0 Å². The molecule has 0 spiro atoms. The molecule has 1 amide bonds. The quantitative estimate of drug-likeness (QED) is 0.709. The number of aromatic nitrogens is 2. The zero-order valence-electron chi connectivity index (χ0n) is 18.4. The number of fused-ring (bicyclic) bond motifs is 1. The first-order valence-corrected chi connectivity index (χ1v) is 13.0. The van der Waals surface area contributed by atoms with Gasteiger partial charge in [-0.05, 0) is 38.6 Å². The van der Waals surface area contributed by atoms with Gasteiger partial charge in [-0.25, -0.2) is 17.6 Å². The van der Waals surface area contributed by atoms with Gasteiger partial charge in [-0.2, -0.15) is 9.19 Å². The van der Waals surface area contributed by atoms with Crippen LogP contribution in [-0.2, 0) is 32.6 Å². The van der Waals surface area contributed by atoms with Gasteiger partial charge >= 0.3 is 6.09 Å². The van der Waals surface area contributed by atoms with Gasteiger partial charge in [0.25, 0.3) is 10.0 Å². The molecule has 32 heavy (non-hydrogen) atoms. The van der Waals surface area contributed by atoms with Gasteiger partial charge < -0.3 is 14.8 Å². The van der Waals surface area contributed by atoms with Crippen molar-refractivity contribution < 1.29 is 27.1 Å². The Morgan fingerprint density at radius 1 is 1.38 bits per heavy atom. The van der Waals surface area contributed by atoms with Gasteiger partial charge in [0.15, 0.2) is 0 Å². The number of carbonyl (C=O) groups excluding carboxylic acids is 1. The Hall–Kier alpha value is -2.02. The third-order valence-corrected chi connectivity index (χ3v) is 7.22. The van der Waals surface area contributed by atoms with E-state index in [1.54, 1.807) is 26.2 Å². The number of amides is 1. The molecular weight excluding hydrogens is 459 g/mol. The molecule has 12 heteroatoms. The second kappa shape index (κ2) is 8.40. The van der Waals surface area contributed by atoms with E-state index in [9.17, 15) is 17.6 Å². The van der Waals surface area contributed by atoms with Crippen molar-refractivity contribution in [1.82, 2.24) is 19.4 Å². The van der Waals surface area contributed by atoms with Crippen molar-refractivity contribution in [3.63, 3.8) is 0 Å². The van der Waals surface area contributed by atoms with Crippen molar-refractivity contribution in [2.24, 2.45) is 0 Å². The average molecular weight is 487 g/mol. The van der Waals surface area contributed by atoms with Crippen LogP contribution in [-0.4, -0.2) is 59.1 Å². The topological polar surface area (TPSA) is 103 Å². The van der Waals surface area contributed by atoms with Crippen molar-refractivity contribution in [3.05, 3.63) is 39.6 Å². The summed E-state index contributed by atoms with van der Waals surface area (Å²) in [5.74, 6) is -0.356. The zero-order chi connectivity index (χ0) is 23.3. The maximum atomic E-state index is 14.3. The first kappa shape index (κ1) is 23.1. The SMILES string of the molecule is CC(C)(C)OC(=O)N[C@H]1C[C@@H](N2Cc3cn(S(C)(=O)=O)nc3C2)CO[C@@H]1c1sccc1F. The fourth-order valence-electron chi connectivity index (χ4n) is 4.01. The van der Waals surface area contributed by atoms with E-state index in [0.717, 1.165) is 15.9 Å². The monoisotopic (exact) mass is 486 g/mol. The Bertz CT molecular complexity index is 1080. The lowest BCUT2D eigenvalue weighted by atomic mass is 9.96.